The van der Waals surface area contributed by atoms with Gasteiger partial charge in [0.15, 0.2) is 0 Å². The summed E-state index contributed by atoms with van der Waals surface area (Å²) in [6, 6.07) is 5.15. The Labute approximate surface area is 120 Å². The number of nitrogens with one attached hydrogen (secondary N) is 1. The molecule has 2 fully saturated rings. The standard InChI is InChI=1S/C15H25N3S/c1-2-8-18(9-3-1)14(15-5-4-12-19-15)13-17-10-6-16-7-11-17/h4-5,12,14,16H,1-3,6-11,13H2. The summed E-state index contributed by atoms with van der Waals surface area (Å²) in [6.45, 7) is 8.49. The first-order valence-corrected chi connectivity index (χ1v) is 8.52. The zero-order valence-corrected chi connectivity index (χ0v) is 12.5. The Balaban J connectivity index is 1.68. The number of hydrogen-bond acceptors (Lipinski definition) is 4. The summed E-state index contributed by atoms with van der Waals surface area (Å²) in [7, 11) is 0. The van der Waals surface area contributed by atoms with Crippen LogP contribution in [0.4, 0.5) is 0 Å². The van der Waals surface area contributed by atoms with Crippen molar-refractivity contribution in [3.8, 4) is 0 Å². The van der Waals surface area contributed by atoms with E-state index in [4.69, 9.17) is 0 Å². The maximum atomic E-state index is 3.45. The second-order valence-electron chi connectivity index (χ2n) is 5.68. The first-order valence-electron chi connectivity index (χ1n) is 7.64. The maximum Gasteiger partial charge on any atom is 0.0569 e. The van der Waals surface area contributed by atoms with Crippen LogP contribution in [-0.4, -0.2) is 55.6 Å². The molecule has 0 aromatic carbocycles. The maximum absolute atomic E-state index is 3.45. The number of hydrogen-bond donors (Lipinski definition) is 1. The quantitative estimate of drug-likeness (QED) is 0.911. The van der Waals surface area contributed by atoms with E-state index >= 15 is 0 Å². The highest BCUT2D eigenvalue weighted by Crippen LogP contribution is 2.28. The van der Waals surface area contributed by atoms with Crippen molar-refractivity contribution in [2.24, 2.45) is 0 Å². The van der Waals surface area contributed by atoms with Crippen LogP contribution >= 0.6 is 11.3 Å². The lowest BCUT2D eigenvalue weighted by Crippen LogP contribution is -2.47. The Bertz CT molecular complexity index is 353. The van der Waals surface area contributed by atoms with Gasteiger partial charge in [-0.2, -0.15) is 0 Å². The van der Waals surface area contributed by atoms with Crippen molar-refractivity contribution < 1.29 is 0 Å². The number of rotatable bonds is 4. The molecule has 3 heterocycles. The van der Waals surface area contributed by atoms with Crippen LogP contribution in [-0.2, 0) is 0 Å². The summed E-state index contributed by atoms with van der Waals surface area (Å²) in [4.78, 5) is 6.91. The number of nitrogens with zero attached hydrogens (tertiary/aromatic N) is 2. The van der Waals surface area contributed by atoms with Gasteiger partial charge in [0.1, 0.15) is 0 Å². The second kappa shape index (κ2) is 6.84. The predicted octanol–water partition coefficient (Wildman–Crippen LogP) is 2.18. The zero-order valence-electron chi connectivity index (χ0n) is 11.7. The average molecular weight is 279 g/mol. The Morgan fingerprint density at radius 2 is 1.89 bits per heavy atom. The van der Waals surface area contributed by atoms with Gasteiger partial charge in [0.05, 0.1) is 6.04 Å². The molecular formula is C15H25N3S. The third-order valence-corrected chi connectivity index (χ3v) is 5.32. The first kappa shape index (κ1) is 13.6. The summed E-state index contributed by atoms with van der Waals surface area (Å²) in [5.74, 6) is 0. The summed E-state index contributed by atoms with van der Waals surface area (Å²) in [5, 5.41) is 5.68. The molecule has 1 unspecified atom stereocenters. The molecule has 1 aromatic heterocycles. The van der Waals surface area contributed by atoms with Crippen LogP contribution in [0.5, 0.6) is 0 Å². The van der Waals surface area contributed by atoms with E-state index in [9.17, 15) is 0 Å². The molecule has 2 aliphatic heterocycles. The van der Waals surface area contributed by atoms with Gasteiger partial charge in [0.25, 0.3) is 0 Å². The molecule has 0 bridgehead atoms. The van der Waals surface area contributed by atoms with Gasteiger partial charge in [-0.15, -0.1) is 11.3 Å². The Morgan fingerprint density at radius 1 is 1.11 bits per heavy atom. The van der Waals surface area contributed by atoms with Gasteiger partial charge in [0.2, 0.25) is 0 Å². The van der Waals surface area contributed by atoms with E-state index in [-0.39, 0.29) is 0 Å². The van der Waals surface area contributed by atoms with Crippen molar-refractivity contribution in [1.82, 2.24) is 15.1 Å². The molecule has 0 aliphatic carbocycles. The normalized spacial score (nSPS) is 24.4. The molecule has 1 N–H and O–H groups in total. The number of likely N-dealkylation sites (tertiary alicyclic amines) is 1. The highest BCUT2D eigenvalue weighted by Gasteiger charge is 2.25. The fraction of sp³-hybridized carbons (Fsp3) is 0.733. The van der Waals surface area contributed by atoms with Crippen molar-refractivity contribution in [2.75, 3.05) is 45.8 Å². The van der Waals surface area contributed by atoms with E-state index in [1.165, 1.54) is 52.0 Å². The Hall–Kier alpha value is -0.420. The molecule has 0 amide bonds. The monoisotopic (exact) mass is 279 g/mol. The lowest BCUT2D eigenvalue weighted by atomic mass is 10.1. The van der Waals surface area contributed by atoms with Gasteiger partial charge in [0, 0.05) is 37.6 Å². The van der Waals surface area contributed by atoms with E-state index in [1.54, 1.807) is 4.88 Å². The van der Waals surface area contributed by atoms with E-state index in [2.05, 4.69) is 32.6 Å². The molecular weight excluding hydrogens is 254 g/mol. The van der Waals surface area contributed by atoms with Crippen molar-refractivity contribution in [1.29, 1.82) is 0 Å². The largest absolute Gasteiger partial charge is 0.314 e. The molecule has 1 aromatic rings. The van der Waals surface area contributed by atoms with E-state index in [0.717, 1.165) is 13.1 Å². The molecule has 0 radical (unpaired) electrons. The van der Waals surface area contributed by atoms with Crippen LogP contribution in [0.3, 0.4) is 0 Å². The number of thiophene rings is 1. The Morgan fingerprint density at radius 3 is 2.58 bits per heavy atom. The summed E-state index contributed by atoms with van der Waals surface area (Å²) in [5.41, 5.74) is 0. The molecule has 19 heavy (non-hydrogen) atoms. The van der Waals surface area contributed by atoms with Gasteiger partial charge in [-0.25, -0.2) is 0 Å². The molecule has 1 atom stereocenters. The van der Waals surface area contributed by atoms with E-state index in [0.29, 0.717) is 6.04 Å². The van der Waals surface area contributed by atoms with Crippen molar-refractivity contribution >= 4 is 11.3 Å². The number of piperidine rings is 1. The summed E-state index contributed by atoms with van der Waals surface area (Å²) >= 11 is 1.93. The van der Waals surface area contributed by atoms with E-state index < -0.39 is 0 Å². The van der Waals surface area contributed by atoms with Gasteiger partial charge >= 0.3 is 0 Å². The molecule has 3 nitrogen and oxygen atoms in total. The van der Waals surface area contributed by atoms with Crippen molar-refractivity contribution in [3.05, 3.63) is 22.4 Å². The summed E-state index contributed by atoms with van der Waals surface area (Å²) < 4.78 is 0. The molecule has 2 saturated heterocycles. The molecule has 106 valence electrons. The van der Waals surface area contributed by atoms with Crippen LogP contribution in [0.25, 0.3) is 0 Å². The fourth-order valence-corrected chi connectivity index (χ4v) is 4.09. The minimum Gasteiger partial charge on any atom is -0.314 e. The molecule has 4 heteroatoms. The third kappa shape index (κ3) is 3.57. The van der Waals surface area contributed by atoms with Gasteiger partial charge < -0.3 is 5.32 Å². The van der Waals surface area contributed by atoms with E-state index in [1.807, 2.05) is 11.3 Å². The smallest absolute Gasteiger partial charge is 0.0569 e. The molecule has 0 saturated carbocycles. The second-order valence-corrected chi connectivity index (χ2v) is 6.66. The number of piperazine rings is 1. The predicted molar refractivity (Wildman–Crippen MR) is 81.8 cm³/mol. The molecule has 0 spiro atoms. The zero-order chi connectivity index (χ0) is 12.9. The van der Waals surface area contributed by atoms with Crippen molar-refractivity contribution in [2.45, 2.75) is 25.3 Å². The highest BCUT2D eigenvalue weighted by molar-refractivity contribution is 7.10. The van der Waals surface area contributed by atoms with Gasteiger partial charge in [-0.3, -0.25) is 9.80 Å². The molecule has 3 rings (SSSR count). The minimum absolute atomic E-state index is 0.624. The van der Waals surface area contributed by atoms with Crippen LogP contribution in [0.15, 0.2) is 17.5 Å². The highest BCUT2D eigenvalue weighted by atomic mass is 32.1. The third-order valence-electron chi connectivity index (χ3n) is 4.34. The lowest BCUT2D eigenvalue weighted by Gasteiger charge is -2.38. The van der Waals surface area contributed by atoms with Crippen molar-refractivity contribution in [3.63, 3.8) is 0 Å². The SMILES string of the molecule is c1csc(C(CN2CCNCC2)N2CCCCC2)c1. The van der Waals surface area contributed by atoms with Crippen LogP contribution < -0.4 is 5.32 Å². The lowest BCUT2D eigenvalue weighted by molar-refractivity contribution is 0.113. The van der Waals surface area contributed by atoms with Crippen LogP contribution in [0.1, 0.15) is 30.2 Å². The van der Waals surface area contributed by atoms with Crippen LogP contribution in [0, 0.1) is 0 Å². The summed E-state index contributed by atoms with van der Waals surface area (Å²) in [6.07, 6.45) is 4.17. The van der Waals surface area contributed by atoms with Crippen LogP contribution in [0.2, 0.25) is 0 Å². The first-order chi connectivity index (χ1) is 9.43. The average Bonchev–Trinajstić information content (AvgIpc) is 3.01. The topological polar surface area (TPSA) is 18.5 Å². The van der Waals surface area contributed by atoms with Gasteiger partial charge in [-0.1, -0.05) is 12.5 Å². The minimum atomic E-state index is 0.624. The molecule has 2 aliphatic rings. The van der Waals surface area contributed by atoms with Gasteiger partial charge in [-0.05, 0) is 37.4 Å². The fourth-order valence-electron chi connectivity index (χ4n) is 3.23. The Kier molecular flexibility index (Phi) is 4.88.